The fraction of sp³-hybridized carbons (Fsp3) is 0. The lowest BCUT2D eigenvalue weighted by Gasteiger charge is -2.14. The largest absolute Gasteiger partial charge is 0.293 e. The van der Waals surface area contributed by atoms with Crippen LogP contribution in [0.25, 0.3) is 99.9 Å². The fourth-order valence-electron chi connectivity index (χ4n) is 7.90. The number of nitrogens with zero attached hydrogens (tertiary/aromatic N) is 6. The van der Waals surface area contributed by atoms with Gasteiger partial charge in [-0.05, 0) is 41.5 Å². The summed E-state index contributed by atoms with van der Waals surface area (Å²) >= 11 is 0. The molecule has 0 saturated carbocycles. The van der Waals surface area contributed by atoms with Crippen LogP contribution in [0.2, 0.25) is 0 Å². The summed E-state index contributed by atoms with van der Waals surface area (Å²) in [5.41, 5.74) is 9.46. The van der Waals surface area contributed by atoms with Gasteiger partial charge < -0.3 is 0 Å². The summed E-state index contributed by atoms with van der Waals surface area (Å²) in [6, 6.07) is 52.8. The van der Waals surface area contributed by atoms with Crippen molar-refractivity contribution in [1.82, 2.24) is 28.9 Å². The van der Waals surface area contributed by atoms with Gasteiger partial charge in [-0.15, -0.1) is 0 Å². The van der Waals surface area contributed by atoms with Crippen LogP contribution in [0.4, 0.5) is 0 Å². The number of benzene rings is 6. The molecule has 6 heteroatoms. The molecule has 0 aliphatic rings. The van der Waals surface area contributed by atoms with E-state index in [4.69, 9.17) is 19.9 Å². The average molecular weight is 639 g/mol. The highest BCUT2D eigenvalue weighted by atomic mass is 15.2. The maximum Gasteiger partial charge on any atom is 0.238 e. The summed E-state index contributed by atoms with van der Waals surface area (Å²) in [4.78, 5) is 20.5. The van der Waals surface area contributed by atoms with Gasteiger partial charge in [0.25, 0.3) is 0 Å². The van der Waals surface area contributed by atoms with E-state index in [9.17, 15) is 0 Å². The molecule has 0 bridgehead atoms. The third-order valence-electron chi connectivity index (χ3n) is 10.00. The number of fused-ring (bicyclic) bond motifs is 9. The molecule has 5 heterocycles. The topological polar surface area (TPSA) is 60.9 Å². The molecule has 6 nitrogen and oxygen atoms in total. The van der Waals surface area contributed by atoms with Gasteiger partial charge in [-0.25, -0.2) is 9.97 Å². The lowest BCUT2D eigenvalue weighted by molar-refractivity contribution is 0.953. The monoisotopic (exact) mass is 638 g/mol. The predicted octanol–water partition coefficient (Wildman–Crippen LogP) is 10.5. The second-order valence-electron chi connectivity index (χ2n) is 12.7. The second-order valence-corrected chi connectivity index (χ2v) is 12.7. The fourth-order valence-corrected chi connectivity index (χ4v) is 7.90. The summed E-state index contributed by atoms with van der Waals surface area (Å²) in [7, 11) is 0. The van der Waals surface area contributed by atoms with E-state index in [0.717, 1.165) is 60.6 Å². The van der Waals surface area contributed by atoms with Crippen molar-refractivity contribution in [1.29, 1.82) is 0 Å². The highest BCUT2D eigenvalue weighted by molar-refractivity contribution is 6.26. The van der Waals surface area contributed by atoms with Crippen molar-refractivity contribution < 1.29 is 0 Å². The molecule has 0 saturated heterocycles. The first-order valence-electron chi connectivity index (χ1n) is 16.8. The van der Waals surface area contributed by atoms with Crippen molar-refractivity contribution in [2.45, 2.75) is 0 Å². The zero-order valence-electron chi connectivity index (χ0n) is 26.7. The van der Waals surface area contributed by atoms with Crippen LogP contribution in [0, 0.1) is 0 Å². The molecular formula is C44H26N6. The van der Waals surface area contributed by atoms with Gasteiger partial charge in [0.1, 0.15) is 5.65 Å². The van der Waals surface area contributed by atoms with Crippen LogP contribution in [0.3, 0.4) is 0 Å². The minimum absolute atomic E-state index is 0.581. The third kappa shape index (κ3) is 3.73. The maximum absolute atomic E-state index is 5.29. The van der Waals surface area contributed by atoms with Crippen LogP contribution in [0.1, 0.15) is 0 Å². The van der Waals surface area contributed by atoms with Gasteiger partial charge in [0.15, 0.2) is 11.6 Å². The Morgan fingerprint density at radius 1 is 0.400 bits per heavy atom. The molecule has 0 aliphatic carbocycles. The number of hydrogen-bond donors (Lipinski definition) is 0. The van der Waals surface area contributed by atoms with Crippen molar-refractivity contribution >= 4 is 60.0 Å². The Balaban J connectivity index is 1.22. The first-order chi connectivity index (χ1) is 24.8. The van der Waals surface area contributed by atoms with Crippen LogP contribution in [0.15, 0.2) is 158 Å². The number of hydrogen-bond acceptors (Lipinski definition) is 4. The highest BCUT2D eigenvalue weighted by Crippen LogP contribution is 2.45. The highest BCUT2D eigenvalue weighted by Gasteiger charge is 2.23. The molecule has 232 valence electrons. The van der Waals surface area contributed by atoms with E-state index in [2.05, 4.69) is 136 Å². The molecule has 6 aromatic carbocycles. The van der Waals surface area contributed by atoms with Gasteiger partial charge in [0.2, 0.25) is 5.95 Å². The lowest BCUT2D eigenvalue weighted by atomic mass is 9.94. The summed E-state index contributed by atoms with van der Waals surface area (Å²) in [6.07, 6.45) is 1.88. The first-order valence-corrected chi connectivity index (χ1v) is 16.8. The Labute approximate surface area is 285 Å². The summed E-state index contributed by atoms with van der Waals surface area (Å²) in [6.45, 7) is 0. The molecule has 0 aliphatic heterocycles. The minimum atomic E-state index is 0.581. The zero-order valence-corrected chi connectivity index (χ0v) is 26.7. The Morgan fingerprint density at radius 3 is 1.80 bits per heavy atom. The van der Waals surface area contributed by atoms with E-state index in [0.29, 0.717) is 17.6 Å². The molecule has 0 fully saturated rings. The molecule has 0 atom stereocenters. The Morgan fingerprint density at radius 2 is 1.02 bits per heavy atom. The molecule has 50 heavy (non-hydrogen) atoms. The van der Waals surface area contributed by atoms with Gasteiger partial charge in [-0.3, -0.25) is 8.97 Å². The van der Waals surface area contributed by atoms with Crippen molar-refractivity contribution in [2.75, 3.05) is 0 Å². The van der Waals surface area contributed by atoms with E-state index in [1.807, 2.05) is 30.5 Å². The smallest absolute Gasteiger partial charge is 0.238 e. The molecule has 0 unspecified atom stereocenters. The SMILES string of the molecule is c1ccc(-c2nc(-c3ccccc3-c3ccc4c5cccnc5n5c6ccccc6c3c45)nc(-n3c4ccccc4c4ccccc43)n2)cc1. The van der Waals surface area contributed by atoms with Gasteiger partial charge in [0, 0.05) is 49.6 Å². The molecule has 11 rings (SSSR count). The van der Waals surface area contributed by atoms with Gasteiger partial charge in [-0.2, -0.15) is 9.97 Å². The standard InChI is InChI=1S/C44H26N6/c1-2-13-27(14-3-1)41-46-42(48-44(47-41)49-36-21-9-6-16-29(36)30-17-7-10-22-37(30)49)33-18-5-4-15-28(33)31-24-25-32-34-20-12-26-45-43(34)50-38-23-11-8-19-35(38)39(31)40(32)50/h1-26H. The Hall–Kier alpha value is -6.92. The molecule has 0 N–H and O–H groups in total. The Kier molecular flexibility index (Phi) is 5.57. The van der Waals surface area contributed by atoms with Crippen LogP contribution in [0.5, 0.6) is 0 Å². The van der Waals surface area contributed by atoms with Crippen molar-refractivity contribution in [3.63, 3.8) is 0 Å². The van der Waals surface area contributed by atoms with Crippen molar-refractivity contribution in [3.8, 4) is 39.9 Å². The average Bonchev–Trinajstić information content (AvgIpc) is 3.83. The van der Waals surface area contributed by atoms with Crippen LogP contribution in [-0.2, 0) is 0 Å². The number of para-hydroxylation sites is 3. The lowest BCUT2D eigenvalue weighted by Crippen LogP contribution is -2.06. The normalized spacial score (nSPS) is 12.0. The zero-order chi connectivity index (χ0) is 32.8. The third-order valence-corrected chi connectivity index (χ3v) is 10.00. The molecule has 5 aromatic heterocycles. The van der Waals surface area contributed by atoms with E-state index < -0.39 is 0 Å². The van der Waals surface area contributed by atoms with Gasteiger partial charge >= 0.3 is 0 Å². The second kappa shape index (κ2) is 10.3. The minimum Gasteiger partial charge on any atom is -0.293 e. The quantitative estimate of drug-likeness (QED) is 0.192. The molecule has 0 amide bonds. The summed E-state index contributed by atoms with van der Waals surface area (Å²) < 4.78 is 4.48. The first kappa shape index (κ1) is 27.1. The number of rotatable bonds is 4. The molecule has 0 radical (unpaired) electrons. The number of aromatic nitrogens is 6. The van der Waals surface area contributed by atoms with E-state index in [1.54, 1.807) is 0 Å². The summed E-state index contributed by atoms with van der Waals surface area (Å²) in [5, 5.41) is 7.05. The van der Waals surface area contributed by atoms with Gasteiger partial charge in [-0.1, -0.05) is 121 Å². The van der Waals surface area contributed by atoms with Crippen molar-refractivity contribution in [2.24, 2.45) is 0 Å². The van der Waals surface area contributed by atoms with Gasteiger partial charge in [0.05, 0.1) is 22.1 Å². The molecular weight excluding hydrogens is 613 g/mol. The van der Waals surface area contributed by atoms with E-state index in [1.165, 1.54) is 21.7 Å². The predicted molar refractivity (Wildman–Crippen MR) is 203 cm³/mol. The van der Waals surface area contributed by atoms with Crippen molar-refractivity contribution in [3.05, 3.63) is 158 Å². The van der Waals surface area contributed by atoms with Crippen LogP contribution in [-0.4, -0.2) is 28.9 Å². The van der Waals surface area contributed by atoms with E-state index >= 15 is 0 Å². The Bertz CT molecular complexity index is 3050. The summed E-state index contributed by atoms with van der Waals surface area (Å²) in [5.74, 6) is 1.82. The maximum atomic E-state index is 5.29. The number of pyridine rings is 1. The molecule has 11 aromatic rings. The molecule has 0 spiro atoms. The van der Waals surface area contributed by atoms with Crippen LogP contribution >= 0.6 is 0 Å². The van der Waals surface area contributed by atoms with E-state index in [-0.39, 0.29) is 0 Å². The van der Waals surface area contributed by atoms with Crippen LogP contribution < -0.4 is 0 Å².